The Labute approximate surface area is 164 Å². The molecule has 1 N–H and O–H groups in total. The van der Waals surface area contributed by atoms with Crippen molar-refractivity contribution in [2.24, 2.45) is 0 Å². The van der Waals surface area contributed by atoms with Crippen LogP contribution in [-0.2, 0) is 6.54 Å². The van der Waals surface area contributed by atoms with Gasteiger partial charge < -0.3 is 24.3 Å². The zero-order valence-electron chi connectivity index (χ0n) is 16.0. The number of fused-ring (bicyclic) bond motifs is 1. The molecule has 1 atom stereocenters. The zero-order valence-corrected chi connectivity index (χ0v) is 16.0. The maximum absolute atomic E-state index is 13.2. The molecule has 6 nitrogen and oxygen atoms in total. The molecule has 1 aliphatic rings. The second-order valence-electron chi connectivity index (χ2n) is 6.63. The van der Waals surface area contributed by atoms with E-state index in [1.807, 2.05) is 29.2 Å². The molecule has 0 saturated carbocycles. The summed E-state index contributed by atoms with van der Waals surface area (Å²) in [5.74, 6) is 1.23. The van der Waals surface area contributed by atoms with Crippen molar-refractivity contribution in [2.75, 3.05) is 26.1 Å². The molecule has 28 heavy (non-hydrogen) atoms. The quantitative estimate of drug-likeness (QED) is 0.743. The lowest BCUT2D eigenvalue weighted by Gasteiger charge is -2.37. The highest BCUT2D eigenvalue weighted by Gasteiger charge is 2.32. The minimum atomic E-state index is -0.162. The van der Waals surface area contributed by atoms with E-state index in [0.717, 1.165) is 17.8 Å². The third kappa shape index (κ3) is 3.29. The number of ether oxygens (including phenoxy) is 2. The summed E-state index contributed by atoms with van der Waals surface area (Å²) in [5.41, 5.74) is 2.80. The Bertz CT molecular complexity index is 968. The maximum Gasteiger partial charge on any atom is 0.322 e. The molecule has 2 heterocycles. The van der Waals surface area contributed by atoms with Gasteiger partial charge in [-0.2, -0.15) is 0 Å². The molecule has 0 saturated heterocycles. The minimum absolute atomic E-state index is 0.144. The monoisotopic (exact) mass is 377 g/mol. The van der Waals surface area contributed by atoms with Gasteiger partial charge in [0.05, 0.1) is 25.9 Å². The van der Waals surface area contributed by atoms with E-state index in [9.17, 15) is 4.79 Å². The van der Waals surface area contributed by atoms with Crippen molar-refractivity contribution in [2.45, 2.75) is 12.6 Å². The molecule has 0 aliphatic carbocycles. The van der Waals surface area contributed by atoms with Gasteiger partial charge in [-0.25, -0.2) is 4.79 Å². The van der Waals surface area contributed by atoms with Crippen molar-refractivity contribution in [3.05, 3.63) is 78.1 Å². The van der Waals surface area contributed by atoms with Crippen LogP contribution < -0.4 is 14.8 Å². The molecule has 0 fully saturated rings. The van der Waals surface area contributed by atoms with Crippen LogP contribution in [0.5, 0.6) is 11.5 Å². The Morgan fingerprint density at radius 3 is 2.57 bits per heavy atom. The van der Waals surface area contributed by atoms with Crippen molar-refractivity contribution in [1.29, 1.82) is 0 Å². The summed E-state index contributed by atoms with van der Waals surface area (Å²) in [6.45, 7) is 1.38. The number of urea groups is 1. The van der Waals surface area contributed by atoms with E-state index >= 15 is 0 Å². The first-order valence-corrected chi connectivity index (χ1v) is 9.21. The topological polar surface area (TPSA) is 55.7 Å². The standard InChI is InChI=1S/C22H23N3O3/c1-27-17-10-11-18(20(15-17)28-2)23-22(26)25-14-13-24-12-6-9-19(24)21(25)16-7-4-3-5-8-16/h3-12,15,21H,13-14H2,1-2H3,(H,23,26)/t21-/m1/s1. The Morgan fingerprint density at radius 2 is 1.82 bits per heavy atom. The molecule has 1 aromatic heterocycles. The fourth-order valence-corrected chi connectivity index (χ4v) is 3.68. The number of amides is 2. The van der Waals surface area contributed by atoms with Crippen LogP contribution in [0.15, 0.2) is 66.9 Å². The minimum Gasteiger partial charge on any atom is -0.497 e. The molecule has 2 aromatic carbocycles. The van der Waals surface area contributed by atoms with E-state index < -0.39 is 0 Å². The van der Waals surface area contributed by atoms with E-state index in [2.05, 4.69) is 34.3 Å². The van der Waals surface area contributed by atoms with Crippen LogP contribution in [0.3, 0.4) is 0 Å². The Kier molecular flexibility index (Phi) is 4.93. The SMILES string of the molecule is COc1ccc(NC(=O)N2CCn3cccc3[C@H]2c2ccccc2)c(OC)c1. The number of carbonyl (C=O) groups excluding carboxylic acids is 1. The smallest absolute Gasteiger partial charge is 0.322 e. The lowest BCUT2D eigenvalue weighted by atomic mass is 10.0. The number of aromatic nitrogens is 1. The number of hydrogen-bond acceptors (Lipinski definition) is 3. The van der Waals surface area contributed by atoms with Gasteiger partial charge >= 0.3 is 6.03 Å². The molecule has 3 aromatic rings. The van der Waals surface area contributed by atoms with Crippen LogP contribution >= 0.6 is 0 Å². The molecular weight excluding hydrogens is 354 g/mol. The van der Waals surface area contributed by atoms with E-state index in [1.165, 1.54) is 0 Å². The molecule has 0 radical (unpaired) electrons. The molecule has 144 valence electrons. The van der Waals surface area contributed by atoms with Gasteiger partial charge in [0.25, 0.3) is 0 Å². The van der Waals surface area contributed by atoms with Gasteiger partial charge in [-0.15, -0.1) is 0 Å². The normalized spacial score (nSPS) is 15.6. The summed E-state index contributed by atoms with van der Waals surface area (Å²) >= 11 is 0. The summed E-state index contributed by atoms with van der Waals surface area (Å²) in [5, 5.41) is 3.00. The second kappa shape index (κ2) is 7.68. The predicted octanol–water partition coefficient (Wildman–Crippen LogP) is 4.14. The molecule has 1 aliphatic heterocycles. The van der Waals surface area contributed by atoms with Crippen LogP contribution in [0.25, 0.3) is 0 Å². The van der Waals surface area contributed by atoms with Crippen molar-refractivity contribution in [3.63, 3.8) is 0 Å². The van der Waals surface area contributed by atoms with Gasteiger partial charge in [0, 0.05) is 31.0 Å². The second-order valence-corrected chi connectivity index (χ2v) is 6.63. The van der Waals surface area contributed by atoms with Gasteiger partial charge in [-0.1, -0.05) is 30.3 Å². The summed E-state index contributed by atoms with van der Waals surface area (Å²) in [6, 6.07) is 19.2. The number of rotatable bonds is 4. The first-order valence-electron chi connectivity index (χ1n) is 9.21. The Hall–Kier alpha value is -3.41. The molecule has 6 heteroatoms. The summed E-state index contributed by atoms with van der Waals surface area (Å²) in [4.78, 5) is 15.1. The molecule has 0 spiro atoms. The van der Waals surface area contributed by atoms with E-state index in [-0.39, 0.29) is 12.1 Å². The number of benzene rings is 2. The van der Waals surface area contributed by atoms with Crippen LogP contribution in [0, 0.1) is 0 Å². The summed E-state index contributed by atoms with van der Waals surface area (Å²) < 4.78 is 12.8. The van der Waals surface area contributed by atoms with Crippen LogP contribution in [-0.4, -0.2) is 36.3 Å². The Balaban J connectivity index is 1.65. The van der Waals surface area contributed by atoms with Crippen molar-refractivity contribution in [3.8, 4) is 11.5 Å². The summed E-state index contributed by atoms with van der Waals surface area (Å²) in [6.07, 6.45) is 2.06. The number of methoxy groups -OCH3 is 2. The highest BCUT2D eigenvalue weighted by atomic mass is 16.5. The predicted molar refractivity (Wildman–Crippen MR) is 108 cm³/mol. The first-order chi connectivity index (χ1) is 13.7. The van der Waals surface area contributed by atoms with Gasteiger partial charge in [0.2, 0.25) is 0 Å². The van der Waals surface area contributed by atoms with E-state index in [0.29, 0.717) is 23.7 Å². The van der Waals surface area contributed by atoms with Crippen LogP contribution in [0.2, 0.25) is 0 Å². The van der Waals surface area contributed by atoms with Gasteiger partial charge in [0.1, 0.15) is 11.5 Å². The number of nitrogens with one attached hydrogen (secondary N) is 1. The first kappa shape index (κ1) is 18.0. The van der Waals surface area contributed by atoms with Crippen LogP contribution in [0.1, 0.15) is 17.3 Å². The number of nitrogens with zero attached hydrogens (tertiary/aromatic N) is 2. The Morgan fingerprint density at radius 1 is 1.00 bits per heavy atom. The fraction of sp³-hybridized carbons (Fsp3) is 0.227. The van der Waals surface area contributed by atoms with Gasteiger partial charge in [-0.3, -0.25) is 0 Å². The molecular formula is C22H23N3O3. The van der Waals surface area contributed by atoms with Crippen molar-refractivity contribution >= 4 is 11.7 Å². The van der Waals surface area contributed by atoms with Crippen molar-refractivity contribution < 1.29 is 14.3 Å². The maximum atomic E-state index is 13.2. The zero-order chi connectivity index (χ0) is 19.5. The third-order valence-electron chi connectivity index (χ3n) is 5.06. The highest BCUT2D eigenvalue weighted by molar-refractivity contribution is 5.91. The van der Waals surface area contributed by atoms with Crippen LogP contribution in [0.4, 0.5) is 10.5 Å². The molecule has 0 unspecified atom stereocenters. The highest BCUT2D eigenvalue weighted by Crippen LogP contribution is 2.34. The van der Waals surface area contributed by atoms with E-state index in [1.54, 1.807) is 32.4 Å². The largest absolute Gasteiger partial charge is 0.497 e. The number of carbonyl (C=O) groups is 1. The van der Waals surface area contributed by atoms with Gasteiger partial charge in [0.15, 0.2) is 0 Å². The van der Waals surface area contributed by atoms with Crippen molar-refractivity contribution in [1.82, 2.24) is 9.47 Å². The van der Waals surface area contributed by atoms with Gasteiger partial charge in [-0.05, 0) is 29.8 Å². The number of hydrogen-bond donors (Lipinski definition) is 1. The molecule has 4 rings (SSSR count). The third-order valence-corrected chi connectivity index (χ3v) is 5.06. The fourth-order valence-electron chi connectivity index (χ4n) is 3.68. The van der Waals surface area contributed by atoms with E-state index in [4.69, 9.17) is 9.47 Å². The lowest BCUT2D eigenvalue weighted by Crippen LogP contribution is -2.44. The average molecular weight is 377 g/mol. The number of anilines is 1. The average Bonchev–Trinajstić information content (AvgIpc) is 3.22. The molecule has 2 amide bonds. The summed E-state index contributed by atoms with van der Waals surface area (Å²) in [7, 11) is 3.17. The lowest BCUT2D eigenvalue weighted by molar-refractivity contribution is 0.181. The molecule has 0 bridgehead atoms.